The van der Waals surface area contributed by atoms with Crippen molar-refractivity contribution in [2.24, 2.45) is 0 Å². The Morgan fingerprint density at radius 1 is 0.739 bits per heavy atom. The number of rotatable bonds is 5. The normalized spacial score (nSPS) is 10.8. The second kappa shape index (κ2) is 5.75. The molecule has 0 bridgehead atoms. The van der Waals surface area contributed by atoms with Crippen molar-refractivity contribution in [3.05, 3.63) is 12.3 Å². The Morgan fingerprint density at radius 2 is 1.30 bits per heavy atom. The summed E-state index contributed by atoms with van der Waals surface area (Å²) >= 11 is 0. The number of aromatic nitrogens is 1. The lowest BCUT2D eigenvalue weighted by molar-refractivity contribution is 0.308. The SMILES string of the molecule is COc1c(OC)c(OC)c2c(OC)c3ccoc3nc2c1OC. The number of hydrogen-bond acceptors (Lipinski definition) is 7. The maximum absolute atomic E-state index is 5.58. The first-order valence-electron chi connectivity index (χ1n) is 6.82. The number of pyridine rings is 1. The zero-order valence-electron chi connectivity index (χ0n) is 13.6. The zero-order chi connectivity index (χ0) is 16.6. The number of benzene rings is 1. The van der Waals surface area contributed by atoms with Crippen molar-refractivity contribution < 1.29 is 28.1 Å². The molecule has 1 aromatic carbocycles. The monoisotopic (exact) mass is 319 g/mol. The van der Waals surface area contributed by atoms with Gasteiger partial charge in [-0.05, 0) is 6.07 Å². The van der Waals surface area contributed by atoms with Crippen molar-refractivity contribution in [1.82, 2.24) is 4.98 Å². The third-order valence-corrected chi connectivity index (χ3v) is 3.65. The van der Waals surface area contributed by atoms with Crippen LogP contribution in [0, 0.1) is 0 Å². The van der Waals surface area contributed by atoms with Gasteiger partial charge in [-0.25, -0.2) is 4.98 Å². The fraction of sp³-hybridized carbons (Fsp3) is 0.312. The molecule has 3 aromatic rings. The van der Waals surface area contributed by atoms with E-state index in [0.29, 0.717) is 45.4 Å². The van der Waals surface area contributed by atoms with Gasteiger partial charge in [-0.1, -0.05) is 0 Å². The van der Waals surface area contributed by atoms with Gasteiger partial charge >= 0.3 is 0 Å². The van der Waals surface area contributed by atoms with Gasteiger partial charge in [0.1, 0.15) is 11.3 Å². The Bertz CT molecular complexity index is 870. The predicted molar refractivity (Wildman–Crippen MR) is 84.3 cm³/mol. The molecule has 0 saturated heterocycles. The average molecular weight is 319 g/mol. The molecule has 122 valence electrons. The minimum absolute atomic E-state index is 0.389. The fourth-order valence-corrected chi connectivity index (χ4v) is 2.73. The Labute approximate surface area is 132 Å². The largest absolute Gasteiger partial charge is 0.495 e. The van der Waals surface area contributed by atoms with E-state index in [1.807, 2.05) is 0 Å². The van der Waals surface area contributed by atoms with Crippen molar-refractivity contribution in [3.8, 4) is 28.7 Å². The van der Waals surface area contributed by atoms with E-state index in [9.17, 15) is 0 Å². The molecular formula is C16H17NO6. The predicted octanol–water partition coefficient (Wildman–Crippen LogP) is 3.02. The lowest BCUT2D eigenvalue weighted by Gasteiger charge is -2.19. The summed E-state index contributed by atoms with van der Waals surface area (Å²) in [5.74, 6) is 2.22. The van der Waals surface area contributed by atoms with E-state index in [1.54, 1.807) is 26.5 Å². The number of fused-ring (bicyclic) bond motifs is 2. The van der Waals surface area contributed by atoms with Crippen molar-refractivity contribution in [2.45, 2.75) is 0 Å². The maximum atomic E-state index is 5.58. The van der Waals surface area contributed by atoms with Crippen molar-refractivity contribution >= 4 is 22.0 Å². The van der Waals surface area contributed by atoms with Crippen LogP contribution in [0.3, 0.4) is 0 Å². The number of ether oxygens (including phenoxy) is 5. The molecule has 0 radical (unpaired) electrons. The first-order chi connectivity index (χ1) is 11.2. The van der Waals surface area contributed by atoms with Gasteiger partial charge in [0.25, 0.3) is 0 Å². The molecule has 2 aromatic heterocycles. The van der Waals surface area contributed by atoms with Crippen LogP contribution in [0.4, 0.5) is 0 Å². The second-order valence-electron chi connectivity index (χ2n) is 4.64. The topological polar surface area (TPSA) is 72.2 Å². The Morgan fingerprint density at radius 3 is 1.87 bits per heavy atom. The van der Waals surface area contributed by atoms with E-state index < -0.39 is 0 Å². The fourth-order valence-electron chi connectivity index (χ4n) is 2.73. The highest BCUT2D eigenvalue weighted by Crippen LogP contribution is 2.53. The van der Waals surface area contributed by atoms with E-state index in [-0.39, 0.29) is 0 Å². The molecule has 0 fully saturated rings. The minimum atomic E-state index is 0.389. The van der Waals surface area contributed by atoms with Crippen LogP contribution in [-0.4, -0.2) is 40.5 Å². The number of methoxy groups -OCH3 is 5. The number of hydrogen-bond donors (Lipinski definition) is 0. The van der Waals surface area contributed by atoms with E-state index >= 15 is 0 Å². The first-order valence-corrected chi connectivity index (χ1v) is 6.82. The molecule has 0 spiro atoms. The van der Waals surface area contributed by atoms with Gasteiger partial charge in [0, 0.05) is 0 Å². The highest BCUT2D eigenvalue weighted by molar-refractivity contribution is 6.07. The van der Waals surface area contributed by atoms with E-state index in [1.165, 1.54) is 21.3 Å². The quantitative estimate of drug-likeness (QED) is 0.715. The van der Waals surface area contributed by atoms with Crippen molar-refractivity contribution in [1.29, 1.82) is 0 Å². The molecule has 0 amide bonds. The Balaban J connectivity index is 2.62. The van der Waals surface area contributed by atoms with Crippen LogP contribution in [-0.2, 0) is 0 Å². The van der Waals surface area contributed by atoms with Crippen LogP contribution < -0.4 is 23.7 Å². The van der Waals surface area contributed by atoms with Gasteiger partial charge in [-0.2, -0.15) is 0 Å². The van der Waals surface area contributed by atoms with Crippen molar-refractivity contribution in [3.63, 3.8) is 0 Å². The number of furan rings is 1. The van der Waals surface area contributed by atoms with Crippen LogP contribution in [0.15, 0.2) is 16.7 Å². The lowest BCUT2D eigenvalue weighted by Crippen LogP contribution is -2.02. The summed E-state index contributed by atoms with van der Waals surface area (Å²) in [6.45, 7) is 0. The molecule has 0 atom stereocenters. The van der Waals surface area contributed by atoms with Gasteiger partial charge in [-0.15, -0.1) is 0 Å². The maximum Gasteiger partial charge on any atom is 0.230 e. The van der Waals surface area contributed by atoms with E-state index in [2.05, 4.69) is 4.98 Å². The smallest absolute Gasteiger partial charge is 0.230 e. The summed E-state index contributed by atoms with van der Waals surface area (Å²) in [7, 11) is 7.70. The summed E-state index contributed by atoms with van der Waals surface area (Å²) in [6.07, 6.45) is 1.55. The molecular weight excluding hydrogens is 302 g/mol. The molecule has 0 aliphatic heterocycles. The van der Waals surface area contributed by atoms with Gasteiger partial charge in [-0.3, -0.25) is 0 Å². The summed E-state index contributed by atoms with van der Waals surface area (Å²) in [5.41, 5.74) is 0.934. The summed E-state index contributed by atoms with van der Waals surface area (Å²) in [4.78, 5) is 4.52. The van der Waals surface area contributed by atoms with Crippen LogP contribution in [0.2, 0.25) is 0 Å². The summed E-state index contributed by atoms with van der Waals surface area (Å²) in [5, 5.41) is 1.35. The molecule has 0 N–H and O–H groups in total. The molecule has 7 nitrogen and oxygen atoms in total. The van der Waals surface area contributed by atoms with Crippen LogP contribution in [0.25, 0.3) is 22.0 Å². The third-order valence-electron chi connectivity index (χ3n) is 3.65. The van der Waals surface area contributed by atoms with Gasteiger partial charge < -0.3 is 28.1 Å². The van der Waals surface area contributed by atoms with Gasteiger partial charge in [0.2, 0.25) is 17.2 Å². The molecule has 0 aliphatic rings. The minimum Gasteiger partial charge on any atom is -0.495 e. The van der Waals surface area contributed by atoms with Gasteiger partial charge in [0.15, 0.2) is 11.5 Å². The van der Waals surface area contributed by atoms with Crippen LogP contribution in [0.1, 0.15) is 0 Å². The Hall–Kier alpha value is -2.83. The molecule has 0 unspecified atom stereocenters. The highest BCUT2D eigenvalue weighted by Gasteiger charge is 2.28. The highest BCUT2D eigenvalue weighted by atomic mass is 16.5. The summed E-state index contributed by atoms with van der Waals surface area (Å²) in [6, 6.07) is 1.78. The van der Waals surface area contributed by atoms with Crippen LogP contribution in [0.5, 0.6) is 28.7 Å². The molecule has 2 heterocycles. The zero-order valence-corrected chi connectivity index (χ0v) is 13.6. The molecule has 0 saturated carbocycles. The summed E-state index contributed by atoms with van der Waals surface area (Å²) < 4.78 is 32.9. The molecule has 7 heteroatoms. The second-order valence-corrected chi connectivity index (χ2v) is 4.64. The lowest BCUT2D eigenvalue weighted by atomic mass is 10.1. The molecule has 0 aliphatic carbocycles. The van der Waals surface area contributed by atoms with Gasteiger partial charge in [0.05, 0.1) is 52.6 Å². The van der Waals surface area contributed by atoms with E-state index in [4.69, 9.17) is 28.1 Å². The molecule has 23 heavy (non-hydrogen) atoms. The first kappa shape index (κ1) is 15.1. The van der Waals surface area contributed by atoms with E-state index in [0.717, 1.165) is 5.39 Å². The third kappa shape index (κ3) is 2.00. The molecule has 3 rings (SSSR count). The standard InChI is InChI=1S/C16H17NO6/c1-18-11-8-6-7-23-16(8)17-10-9(11)12(19-2)14(21-4)15(22-5)13(10)20-3/h6-7H,1-5H3. The van der Waals surface area contributed by atoms with Crippen molar-refractivity contribution in [2.75, 3.05) is 35.5 Å². The van der Waals surface area contributed by atoms with Crippen LogP contribution >= 0.6 is 0 Å². The Kier molecular flexibility index (Phi) is 3.77. The average Bonchev–Trinajstić information content (AvgIpc) is 3.05. The number of nitrogens with zero attached hydrogens (tertiary/aromatic N) is 1.